The molecule has 0 aliphatic carbocycles. The van der Waals surface area contributed by atoms with Crippen molar-refractivity contribution in [2.75, 3.05) is 14.2 Å². The van der Waals surface area contributed by atoms with E-state index in [-0.39, 0.29) is 12.2 Å². The van der Waals surface area contributed by atoms with Crippen molar-refractivity contribution < 1.29 is 9.68 Å². The SMILES string of the molecule is CONCc1c[nH]c(=S)n(CNOC)c1=O. The standard InChI is InChI=1S/C8H14N4O3S/c1-14-10-4-6-3-9-8(16)12(7(6)13)5-11-15-2/h3,10-11H,4-5H2,1-2H3,(H,9,16). The Morgan fingerprint density at radius 2 is 2.12 bits per heavy atom. The van der Waals surface area contributed by atoms with Crippen LogP contribution in [0.15, 0.2) is 11.0 Å². The molecule has 0 radical (unpaired) electrons. The number of aromatic nitrogens is 2. The first-order chi connectivity index (χ1) is 7.70. The van der Waals surface area contributed by atoms with E-state index in [4.69, 9.17) is 12.2 Å². The lowest BCUT2D eigenvalue weighted by Gasteiger charge is -2.08. The Morgan fingerprint density at radius 3 is 2.75 bits per heavy atom. The van der Waals surface area contributed by atoms with E-state index < -0.39 is 0 Å². The van der Waals surface area contributed by atoms with Gasteiger partial charge in [0.1, 0.15) is 6.67 Å². The van der Waals surface area contributed by atoms with Gasteiger partial charge in [0.2, 0.25) is 0 Å². The molecule has 0 spiro atoms. The summed E-state index contributed by atoms with van der Waals surface area (Å²) in [6.07, 6.45) is 1.56. The molecule has 1 aromatic rings. The molecule has 0 aromatic carbocycles. The molecule has 1 heterocycles. The van der Waals surface area contributed by atoms with E-state index in [9.17, 15) is 4.79 Å². The Bertz CT molecular complexity index is 442. The number of nitrogens with zero attached hydrogens (tertiary/aromatic N) is 1. The van der Waals surface area contributed by atoms with Crippen molar-refractivity contribution in [2.45, 2.75) is 13.2 Å². The molecule has 7 nitrogen and oxygen atoms in total. The van der Waals surface area contributed by atoms with Gasteiger partial charge in [-0.05, 0) is 12.2 Å². The molecule has 1 aromatic heterocycles. The molecule has 0 aliphatic heterocycles. The molecule has 0 amide bonds. The highest BCUT2D eigenvalue weighted by Crippen LogP contribution is 1.90. The molecule has 90 valence electrons. The second kappa shape index (κ2) is 6.51. The molecule has 0 bridgehead atoms. The van der Waals surface area contributed by atoms with Gasteiger partial charge in [-0.3, -0.25) is 9.36 Å². The molecular formula is C8H14N4O3S. The lowest BCUT2D eigenvalue weighted by atomic mass is 10.3. The highest BCUT2D eigenvalue weighted by Gasteiger charge is 2.04. The van der Waals surface area contributed by atoms with Crippen molar-refractivity contribution in [3.05, 3.63) is 26.9 Å². The van der Waals surface area contributed by atoms with Gasteiger partial charge in [-0.25, -0.2) is 0 Å². The monoisotopic (exact) mass is 246 g/mol. The van der Waals surface area contributed by atoms with Gasteiger partial charge in [-0.1, -0.05) is 0 Å². The summed E-state index contributed by atoms with van der Waals surface area (Å²) >= 11 is 4.99. The van der Waals surface area contributed by atoms with E-state index in [0.717, 1.165) is 0 Å². The van der Waals surface area contributed by atoms with Crippen LogP contribution < -0.4 is 16.5 Å². The summed E-state index contributed by atoms with van der Waals surface area (Å²) in [7, 11) is 2.95. The van der Waals surface area contributed by atoms with Gasteiger partial charge in [0, 0.05) is 11.8 Å². The number of hydrogen-bond donors (Lipinski definition) is 3. The molecule has 0 saturated carbocycles. The van der Waals surface area contributed by atoms with Crippen LogP contribution in [0.25, 0.3) is 0 Å². The van der Waals surface area contributed by atoms with Gasteiger partial charge in [0.15, 0.2) is 4.77 Å². The third kappa shape index (κ3) is 3.22. The van der Waals surface area contributed by atoms with Crippen LogP contribution in [0.3, 0.4) is 0 Å². The number of hydroxylamine groups is 2. The lowest BCUT2D eigenvalue weighted by Crippen LogP contribution is -2.32. The summed E-state index contributed by atoms with van der Waals surface area (Å²) in [5, 5.41) is 0. The summed E-state index contributed by atoms with van der Waals surface area (Å²) in [5.74, 6) is 0. The van der Waals surface area contributed by atoms with E-state index in [1.165, 1.54) is 18.8 Å². The average molecular weight is 246 g/mol. The highest BCUT2D eigenvalue weighted by atomic mass is 32.1. The Kier molecular flexibility index (Phi) is 5.29. The predicted molar refractivity (Wildman–Crippen MR) is 59.9 cm³/mol. The Morgan fingerprint density at radius 1 is 1.44 bits per heavy atom. The van der Waals surface area contributed by atoms with Gasteiger partial charge >= 0.3 is 0 Å². The second-order valence-electron chi connectivity index (χ2n) is 2.88. The van der Waals surface area contributed by atoms with Crippen molar-refractivity contribution in [3.63, 3.8) is 0 Å². The maximum Gasteiger partial charge on any atom is 0.260 e. The molecule has 3 N–H and O–H groups in total. The molecule has 0 fully saturated rings. The molecule has 0 atom stereocenters. The van der Waals surface area contributed by atoms with E-state index in [0.29, 0.717) is 16.9 Å². The smallest absolute Gasteiger partial charge is 0.260 e. The fraction of sp³-hybridized carbons (Fsp3) is 0.500. The van der Waals surface area contributed by atoms with E-state index in [2.05, 4.69) is 25.6 Å². The predicted octanol–water partition coefficient (Wildman–Crippen LogP) is -0.335. The molecule has 0 unspecified atom stereocenters. The maximum absolute atomic E-state index is 11.9. The Labute approximate surface area is 97.3 Å². The number of nitrogens with one attached hydrogen (secondary N) is 3. The summed E-state index contributed by atoms with van der Waals surface area (Å²) in [6, 6.07) is 0. The molecule has 16 heavy (non-hydrogen) atoms. The zero-order valence-electron chi connectivity index (χ0n) is 9.07. The average Bonchev–Trinajstić information content (AvgIpc) is 2.28. The topological polar surface area (TPSA) is 80.3 Å². The lowest BCUT2D eigenvalue weighted by molar-refractivity contribution is 0.0682. The minimum absolute atomic E-state index is 0.186. The molecule has 0 aliphatic rings. The van der Waals surface area contributed by atoms with Crippen LogP contribution >= 0.6 is 12.2 Å². The quantitative estimate of drug-likeness (QED) is 0.471. The van der Waals surface area contributed by atoms with E-state index >= 15 is 0 Å². The first-order valence-corrected chi connectivity index (χ1v) is 4.94. The number of rotatable bonds is 6. The second-order valence-corrected chi connectivity index (χ2v) is 3.27. The molecular weight excluding hydrogens is 232 g/mol. The van der Waals surface area contributed by atoms with Gasteiger partial charge in [0.05, 0.1) is 20.8 Å². The first-order valence-electron chi connectivity index (χ1n) is 4.53. The summed E-state index contributed by atoms with van der Waals surface area (Å²) in [6.45, 7) is 0.486. The van der Waals surface area contributed by atoms with Crippen LogP contribution in [-0.2, 0) is 22.9 Å². The van der Waals surface area contributed by atoms with Gasteiger partial charge in [-0.15, -0.1) is 0 Å². The Hall–Kier alpha value is -1.06. The Balaban J connectivity index is 2.97. The van der Waals surface area contributed by atoms with Crippen LogP contribution in [0, 0.1) is 4.77 Å². The largest absolute Gasteiger partial charge is 0.338 e. The minimum Gasteiger partial charge on any atom is -0.338 e. The third-order valence-electron chi connectivity index (χ3n) is 1.91. The summed E-state index contributed by atoms with van der Waals surface area (Å²) in [5.41, 5.74) is 5.47. The van der Waals surface area contributed by atoms with E-state index in [1.54, 1.807) is 6.20 Å². The zero-order chi connectivity index (χ0) is 12.0. The normalized spacial score (nSPS) is 10.6. The van der Waals surface area contributed by atoms with Crippen molar-refractivity contribution in [1.29, 1.82) is 0 Å². The van der Waals surface area contributed by atoms with Crippen molar-refractivity contribution in [2.24, 2.45) is 0 Å². The summed E-state index contributed by atoms with van der Waals surface area (Å²) < 4.78 is 1.68. The van der Waals surface area contributed by atoms with Gasteiger partial charge in [-0.2, -0.15) is 11.0 Å². The van der Waals surface area contributed by atoms with Crippen LogP contribution in [-0.4, -0.2) is 23.8 Å². The van der Waals surface area contributed by atoms with Gasteiger partial charge in [0.25, 0.3) is 5.56 Å². The van der Waals surface area contributed by atoms with Crippen LogP contribution in [0.4, 0.5) is 0 Å². The fourth-order valence-electron chi connectivity index (χ4n) is 1.10. The maximum atomic E-state index is 11.9. The summed E-state index contributed by atoms with van der Waals surface area (Å²) in [4.78, 5) is 24.0. The minimum atomic E-state index is -0.196. The third-order valence-corrected chi connectivity index (χ3v) is 2.25. The van der Waals surface area contributed by atoms with Gasteiger partial charge < -0.3 is 14.7 Å². The fourth-order valence-corrected chi connectivity index (χ4v) is 1.31. The number of aromatic amines is 1. The van der Waals surface area contributed by atoms with Crippen LogP contribution in [0.5, 0.6) is 0 Å². The molecule has 1 rings (SSSR count). The van der Waals surface area contributed by atoms with E-state index in [1.807, 2.05) is 0 Å². The van der Waals surface area contributed by atoms with Crippen molar-refractivity contribution >= 4 is 12.2 Å². The first kappa shape index (κ1) is 13.0. The number of hydrogen-bond acceptors (Lipinski definition) is 6. The van der Waals surface area contributed by atoms with Crippen molar-refractivity contribution in [3.8, 4) is 0 Å². The molecule has 0 saturated heterocycles. The molecule has 8 heteroatoms. The highest BCUT2D eigenvalue weighted by molar-refractivity contribution is 7.71. The zero-order valence-corrected chi connectivity index (χ0v) is 9.89. The number of H-pyrrole nitrogens is 1. The van der Waals surface area contributed by atoms with Crippen LogP contribution in [0.2, 0.25) is 0 Å². The van der Waals surface area contributed by atoms with Crippen LogP contribution in [0.1, 0.15) is 5.56 Å². The van der Waals surface area contributed by atoms with Crippen molar-refractivity contribution in [1.82, 2.24) is 20.5 Å².